The van der Waals surface area contributed by atoms with Gasteiger partial charge >= 0.3 is 0 Å². The van der Waals surface area contributed by atoms with Crippen LogP contribution < -0.4 is 4.74 Å². The van der Waals surface area contributed by atoms with Crippen molar-refractivity contribution in [1.82, 2.24) is 9.38 Å². The van der Waals surface area contributed by atoms with Gasteiger partial charge in [-0.15, -0.1) is 11.3 Å². The Balaban J connectivity index is 1.79. The van der Waals surface area contributed by atoms with Gasteiger partial charge in [0.2, 0.25) is 0 Å². The molecule has 0 radical (unpaired) electrons. The fourth-order valence-electron chi connectivity index (χ4n) is 1.82. The van der Waals surface area contributed by atoms with E-state index in [2.05, 4.69) is 11.1 Å². The molecule has 2 heterocycles. The Bertz CT molecular complexity index is 738. The lowest BCUT2D eigenvalue weighted by atomic mass is 10.1. The minimum Gasteiger partial charge on any atom is -0.487 e. The van der Waals surface area contributed by atoms with Crippen molar-refractivity contribution in [3.05, 3.63) is 52.8 Å². The standard InChI is InChI=1S/C14H11N3OS/c1-10-2-3-11(7-15)6-13(10)18-9-12-8-17-4-5-19-14(17)16-12/h2-6,8H,9H2,1H3. The van der Waals surface area contributed by atoms with Crippen molar-refractivity contribution in [1.29, 1.82) is 5.26 Å². The van der Waals surface area contributed by atoms with E-state index in [1.165, 1.54) is 0 Å². The van der Waals surface area contributed by atoms with Crippen molar-refractivity contribution in [3.8, 4) is 11.8 Å². The van der Waals surface area contributed by atoms with Crippen LogP contribution in [0.25, 0.3) is 4.96 Å². The Hall–Kier alpha value is -2.32. The molecule has 1 aromatic carbocycles. The summed E-state index contributed by atoms with van der Waals surface area (Å²) in [5, 5.41) is 10.9. The number of hydrogen-bond acceptors (Lipinski definition) is 4. The van der Waals surface area contributed by atoms with E-state index in [4.69, 9.17) is 10.00 Å². The first-order valence-electron chi connectivity index (χ1n) is 5.81. The van der Waals surface area contributed by atoms with Crippen molar-refractivity contribution in [3.63, 3.8) is 0 Å². The molecule has 5 heteroatoms. The van der Waals surface area contributed by atoms with E-state index in [9.17, 15) is 0 Å². The van der Waals surface area contributed by atoms with Gasteiger partial charge in [0.05, 0.1) is 17.3 Å². The number of rotatable bonds is 3. The van der Waals surface area contributed by atoms with Crippen molar-refractivity contribution in [2.24, 2.45) is 0 Å². The van der Waals surface area contributed by atoms with E-state index in [0.717, 1.165) is 22.0 Å². The quantitative estimate of drug-likeness (QED) is 0.734. The van der Waals surface area contributed by atoms with E-state index >= 15 is 0 Å². The lowest BCUT2D eigenvalue weighted by Crippen LogP contribution is -1.97. The zero-order valence-corrected chi connectivity index (χ0v) is 11.1. The van der Waals surface area contributed by atoms with Crippen LogP contribution in [0.4, 0.5) is 0 Å². The highest BCUT2D eigenvalue weighted by Gasteiger charge is 2.05. The number of fused-ring (bicyclic) bond motifs is 1. The molecule has 0 spiro atoms. The van der Waals surface area contributed by atoms with Crippen LogP contribution in [0.5, 0.6) is 5.75 Å². The van der Waals surface area contributed by atoms with Gasteiger partial charge in [-0.2, -0.15) is 5.26 Å². The average molecular weight is 269 g/mol. The van der Waals surface area contributed by atoms with Crippen LogP contribution in [-0.4, -0.2) is 9.38 Å². The Morgan fingerprint density at radius 2 is 2.37 bits per heavy atom. The van der Waals surface area contributed by atoms with Gasteiger partial charge in [-0.3, -0.25) is 4.40 Å². The van der Waals surface area contributed by atoms with Crippen LogP contribution in [-0.2, 0) is 6.61 Å². The van der Waals surface area contributed by atoms with Crippen molar-refractivity contribution >= 4 is 16.3 Å². The molecule has 94 valence electrons. The first-order valence-corrected chi connectivity index (χ1v) is 6.69. The third-order valence-corrected chi connectivity index (χ3v) is 3.61. The van der Waals surface area contributed by atoms with Crippen LogP contribution in [0, 0.1) is 18.3 Å². The largest absolute Gasteiger partial charge is 0.487 e. The fourth-order valence-corrected chi connectivity index (χ4v) is 2.54. The maximum absolute atomic E-state index is 8.89. The maximum Gasteiger partial charge on any atom is 0.193 e. The summed E-state index contributed by atoms with van der Waals surface area (Å²) in [7, 11) is 0. The van der Waals surface area contributed by atoms with Crippen LogP contribution in [0.15, 0.2) is 36.0 Å². The molecule has 4 nitrogen and oxygen atoms in total. The number of thiazole rings is 1. The molecule has 0 N–H and O–H groups in total. The normalized spacial score (nSPS) is 10.5. The van der Waals surface area contributed by atoms with Crippen molar-refractivity contribution in [2.75, 3.05) is 0 Å². The summed E-state index contributed by atoms with van der Waals surface area (Å²) >= 11 is 1.59. The van der Waals surface area contributed by atoms with Crippen LogP contribution >= 0.6 is 11.3 Å². The highest BCUT2D eigenvalue weighted by atomic mass is 32.1. The minimum atomic E-state index is 0.407. The molecule has 0 saturated heterocycles. The number of nitrogens with zero attached hydrogens (tertiary/aromatic N) is 3. The Labute approximate surface area is 114 Å². The van der Waals surface area contributed by atoms with Gasteiger partial charge in [-0.25, -0.2) is 4.98 Å². The SMILES string of the molecule is Cc1ccc(C#N)cc1OCc1cn2ccsc2n1. The number of hydrogen-bond donors (Lipinski definition) is 0. The highest BCUT2D eigenvalue weighted by molar-refractivity contribution is 7.15. The van der Waals surface area contributed by atoms with Gasteiger partial charge in [-0.1, -0.05) is 6.07 Å². The van der Waals surface area contributed by atoms with Crippen LogP contribution in [0.3, 0.4) is 0 Å². The topological polar surface area (TPSA) is 50.3 Å². The molecule has 0 aliphatic rings. The predicted octanol–water partition coefficient (Wildman–Crippen LogP) is 3.15. The minimum absolute atomic E-state index is 0.407. The lowest BCUT2D eigenvalue weighted by molar-refractivity contribution is 0.300. The first-order chi connectivity index (χ1) is 9.26. The number of imidazole rings is 1. The summed E-state index contributed by atoms with van der Waals surface area (Å²) in [5.74, 6) is 0.732. The van der Waals surface area contributed by atoms with E-state index in [0.29, 0.717) is 12.2 Å². The summed E-state index contributed by atoms with van der Waals surface area (Å²) in [5.41, 5.74) is 2.50. The Morgan fingerprint density at radius 1 is 1.47 bits per heavy atom. The summed E-state index contributed by atoms with van der Waals surface area (Å²) < 4.78 is 7.72. The second kappa shape index (κ2) is 4.75. The second-order valence-corrected chi connectivity index (χ2v) is 5.08. The Morgan fingerprint density at radius 3 is 3.16 bits per heavy atom. The summed E-state index contributed by atoms with van der Waals surface area (Å²) in [6.07, 6.45) is 3.92. The van der Waals surface area contributed by atoms with Crippen LogP contribution in [0.1, 0.15) is 16.8 Å². The zero-order valence-electron chi connectivity index (χ0n) is 10.3. The molecule has 0 atom stereocenters. The molecule has 0 amide bonds. The number of nitriles is 1. The van der Waals surface area contributed by atoms with Gasteiger partial charge in [0.1, 0.15) is 12.4 Å². The van der Waals surface area contributed by atoms with Gasteiger partial charge in [0.25, 0.3) is 0 Å². The molecule has 2 aromatic heterocycles. The third-order valence-electron chi connectivity index (χ3n) is 2.84. The van der Waals surface area contributed by atoms with Crippen LogP contribution in [0.2, 0.25) is 0 Å². The number of aromatic nitrogens is 2. The zero-order chi connectivity index (χ0) is 13.2. The van der Waals surface area contributed by atoms with Crippen molar-refractivity contribution < 1.29 is 4.74 Å². The monoisotopic (exact) mass is 269 g/mol. The van der Waals surface area contributed by atoms with Gasteiger partial charge < -0.3 is 4.74 Å². The number of ether oxygens (including phenoxy) is 1. The molecule has 0 unspecified atom stereocenters. The van der Waals surface area contributed by atoms with E-state index in [1.807, 2.05) is 35.2 Å². The first kappa shape index (κ1) is 11.8. The summed E-state index contributed by atoms with van der Waals surface area (Å²) in [4.78, 5) is 5.41. The molecule has 0 saturated carbocycles. The van der Waals surface area contributed by atoms with Gasteiger partial charge in [0, 0.05) is 17.8 Å². The number of benzene rings is 1. The smallest absolute Gasteiger partial charge is 0.193 e. The molecule has 3 rings (SSSR count). The van der Waals surface area contributed by atoms with E-state index in [1.54, 1.807) is 23.5 Å². The molecule has 0 bridgehead atoms. The van der Waals surface area contributed by atoms with Gasteiger partial charge in [-0.05, 0) is 24.6 Å². The molecule has 3 aromatic rings. The fraction of sp³-hybridized carbons (Fsp3) is 0.143. The van der Waals surface area contributed by atoms with Crippen molar-refractivity contribution in [2.45, 2.75) is 13.5 Å². The van der Waals surface area contributed by atoms with Gasteiger partial charge in [0.15, 0.2) is 4.96 Å². The van der Waals surface area contributed by atoms with E-state index in [-0.39, 0.29) is 0 Å². The highest BCUT2D eigenvalue weighted by Crippen LogP contribution is 2.21. The predicted molar refractivity (Wildman–Crippen MR) is 73.3 cm³/mol. The third kappa shape index (κ3) is 2.30. The maximum atomic E-state index is 8.89. The lowest BCUT2D eigenvalue weighted by Gasteiger charge is -2.07. The molecule has 0 fully saturated rings. The molecular formula is C14H11N3OS. The molecule has 0 aliphatic heterocycles. The summed E-state index contributed by atoms with van der Waals surface area (Å²) in [6, 6.07) is 7.54. The average Bonchev–Trinajstić information content (AvgIpc) is 2.98. The Kier molecular flexibility index (Phi) is 2.94. The second-order valence-electron chi connectivity index (χ2n) is 4.21. The summed E-state index contributed by atoms with van der Waals surface area (Å²) in [6.45, 7) is 2.37. The molecule has 19 heavy (non-hydrogen) atoms. The number of aryl methyl sites for hydroxylation is 1. The molecular weight excluding hydrogens is 258 g/mol. The molecule has 0 aliphatic carbocycles. The van der Waals surface area contributed by atoms with E-state index < -0.39 is 0 Å².